The van der Waals surface area contributed by atoms with Gasteiger partial charge < -0.3 is 10.3 Å². The average molecular weight is 150 g/mol. The Morgan fingerprint density at radius 3 is 3.18 bits per heavy atom. The fraction of sp³-hybridized carbons (Fsp3) is 0.556. The van der Waals surface area contributed by atoms with Gasteiger partial charge in [-0.05, 0) is 18.1 Å². The van der Waals surface area contributed by atoms with Crippen molar-refractivity contribution >= 4 is 0 Å². The number of fused-ring (bicyclic) bond motifs is 1. The number of rotatable bonds is 1. The molecule has 0 fully saturated rings. The van der Waals surface area contributed by atoms with Crippen molar-refractivity contribution in [1.29, 1.82) is 0 Å². The molecule has 2 N–H and O–H groups in total. The van der Waals surface area contributed by atoms with Crippen LogP contribution in [0.25, 0.3) is 0 Å². The average Bonchev–Trinajstić information content (AvgIpc) is 2.46. The second kappa shape index (κ2) is 2.70. The molecule has 60 valence electrons. The van der Waals surface area contributed by atoms with E-state index >= 15 is 0 Å². The Bertz CT molecular complexity index is 227. The molecule has 0 aromatic carbocycles. The van der Waals surface area contributed by atoms with Crippen LogP contribution in [0.3, 0.4) is 0 Å². The minimum absolute atomic E-state index is 1.05. The van der Waals surface area contributed by atoms with Crippen LogP contribution < -0.4 is 5.32 Å². The quantitative estimate of drug-likeness (QED) is 0.619. The van der Waals surface area contributed by atoms with E-state index in [2.05, 4.69) is 23.3 Å². The van der Waals surface area contributed by atoms with E-state index in [1.165, 1.54) is 17.0 Å². The lowest BCUT2D eigenvalue weighted by Gasteiger charge is -2.11. The third kappa shape index (κ3) is 1.18. The molecule has 2 heterocycles. The Kier molecular flexibility index (Phi) is 1.70. The summed E-state index contributed by atoms with van der Waals surface area (Å²) in [7, 11) is 0. The van der Waals surface area contributed by atoms with Gasteiger partial charge in [0.05, 0.1) is 0 Å². The number of H-pyrrole nitrogens is 1. The lowest BCUT2D eigenvalue weighted by atomic mass is 10.1. The van der Waals surface area contributed by atoms with Crippen molar-refractivity contribution in [3.05, 3.63) is 23.0 Å². The van der Waals surface area contributed by atoms with Crippen molar-refractivity contribution in [2.24, 2.45) is 0 Å². The van der Waals surface area contributed by atoms with E-state index in [0.29, 0.717) is 0 Å². The normalized spacial score (nSPS) is 16.5. The molecular formula is C9H14N2. The molecule has 0 radical (unpaired) electrons. The summed E-state index contributed by atoms with van der Waals surface area (Å²) in [6.45, 7) is 4.35. The highest BCUT2D eigenvalue weighted by atomic mass is 14.9. The zero-order valence-electron chi connectivity index (χ0n) is 6.91. The number of nitrogens with one attached hydrogen (secondary N) is 2. The summed E-state index contributed by atoms with van der Waals surface area (Å²) in [5, 5.41) is 3.36. The summed E-state index contributed by atoms with van der Waals surface area (Å²) >= 11 is 0. The smallest absolute Gasteiger partial charge is 0.0223 e. The SMILES string of the molecule is CCc1cc2c([nH]1)CCNC2. The Labute approximate surface area is 67.0 Å². The van der Waals surface area contributed by atoms with Gasteiger partial charge >= 0.3 is 0 Å². The molecule has 0 aliphatic carbocycles. The van der Waals surface area contributed by atoms with E-state index < -0.39 is 0 Å². The van der Waals surface area contributed by atoms with Crippen LogP contribution in [0.5, 0.6) is 0 Å². The van der Waals surface area contributed by atoms with Gasteiger partial charge in [-0.1, -0.05) is 6.92 Å². The first-order chi connectivity index (χ1) is 5.40. The number of hydrogen-bond acceptors (Lipinski definition) is 1. The maximum atomic E-state index is 3.44. The van der Waals surface area contributed by atoms with Crippen molar-refractivity contribution < 1.29 is 0 Å². The Balaban J connectivity index is 2.32. The number of aromatic amines is 1. The fourth-order valence-corrected chi connectivity index (χ4v) is 1.62. The van der Waals surface area contributed by atoms with Crippen molar-refractivity contribution in [1.82, 2.24) is 10.3 Å². The third-order valence-electron chi connectivity index (χ3n) is 2.30. The van der Waals surface area contributed by atoms with Gasteiger partial charge in [-0.3, -0.25) is 0 Å². The van der Waals surface area contributed by atoms with Crippen LogP contribution in [0.4, 0.5) is 0 Å². The van der Waals surface area contributed by atoms with Crippen molar-refractivity contribution in [2.75, 3.05) is 6.54 Å². The zero-order chi connectivity index (χ0) is 7.68. The number of hydrogen-bond donors (Lipinski definition) is 2. The molecule has 2 heteroatoms. The van der Waals surface area contributed by atoms with Crippen molar-refractivity contribution in [3.8, 4) is 0 Å². The van der Waals surface area contributed by atoms with Gasteiger partial charge in [0, 0.05) is 30.9 Å². The Morgan fingerprint density at radius 2 is 2.45 bits per heavy atom. The second-order valence-electron chi connectivity index (χ2n) is 3.08. The van der Waals surface area contributed by atoms with Gasteiger partial charge in [-0.2, -0.15) is 0 Å². The van der Waals surface area contributed by atoms with Crippen molar-refractivity contribution in [2.45, 2.75) is 26.3 Å². The molecule has 1 aromatic rings. The van der Waals surface area contributed by atoms with Crippen LogP contribution in [0.2, 0.25) is 0 Å². The van der Waals surface area contributed by atoms with E-state index in [9.17, 15) is 0 Å². The maximum Gasteiger partial charge on any atom is 0.0223 e. The van der Waals surface area contributed by atoms with Gasteiger partial charge in [0.25, 0.3) is 0 Å². The van der Waals surface area contributed by atoms with Crippen LogP contribution in [0.1, 0.15) is 23.9 Å². The van der Waals surface area contributed by atoms with Gasteiger partial charge in [-0.25, -0.2) is 0 Å². The molecule has 1 aliphatic rings. The van der Waals surface area contributed by atoms with E-state index in [4.69, 9.17) is 0 Å². The van der Waals surface area contributed by atoms with E-state index in [-0.39, 0.29) is 0 Å². The van der Waals surface area contributed by atoms with Crippen LogP contribution in [-0.4, -0.2) is 11.5 Å². The van der Waals surface area contributed by atoms with Gasteiger partial charge in [-0.15, -0.1) is 0 Å². The lowest BCUT2D eigenvalue weighted by Crippen LogP contribution is -2.22. The maximum absolute atomic E-state index is 3.44. The van der Waals surface area contributed by atoms with E-state index in [1.807, 2.05) is 0 Å². The summed E-state index contributed by atoms with van der Waals surface area (Å²) in [5.74, 6) is 0. The van der Waals surface area contributed by atoms with Gasteiger partial charge in [0.15, 0.2) is 0 Å². The Hall–Kier alpha value is -0.760. The standard InChI is InChI=1S/C9H14N2/c1-2-8-5-7-6-10-4-3-9(7)11-8/h5,10-11H,2-4,6H2,1H3. The van der Waals surface area contributed by atoms with Crippen LogP contribution in [0.15, 0.2) is 6.07 Å². The molecule has 1 aliphatic heterocycles. The summed E-state index contributed by atoms with van der Waals surface area (Å²) in [5.41, 5.74) is 4.28. The minimum atomic E-state index is 1.05. The highest BCUT2D eigenvalue weighted by Crippen LogP contribution is 2.14. The zero-order valence-corrected chi connectivity index (χ0v) is 6.91. The fourth-order valence-electron chi connectivity index (χ4n) is 1.62. The highest BCUT2D eigenvalue weighted by Gasteiger charge is 2.10. The summed E-state index contributed by atoms with van der Waals surface area (Å²) in [6.07, 6.45) is 2.28. The predicted octanol–water partition coefficient (Wildman–Crippen LogP) is 1.22. The van der Waals surface area contributed by atoms with Crippen LogP contribution in [0, 0.1) is 0 Å². The molecule has 0 bridgehead atoms. The van der Waals surface area contributed by atoms with Crippen LogP contribution in [-0.2, 0) is 19.4 Å². The molecule has 0 unspecified atom stereocenters. The number of aryl methyl sites for hydroxylation is 1. The topological polar surface area (TPSA) is 27.8 Å². The van der Waals surface area contributed by atoms with Gasteiger partial charge in [0.1, 0.15) is 0 Å². The minimum Gasteiger partial charge on any atom is -0.362 e. The summed E-state index contributed by atoms with van der Waals surface area (Å²) in [4.78, 5) is 3.44. The van der Waals surface area contributed by atoms with E-state index in [1.54, 1.807) is 0 Å². The Morgan fingerprint density at radius 1 is 1.55 bits per heavy atom. The second-order valence-corrected chi connectivity index (χ2v) is 3.08. The van der Waals surface area contributed by atoms with E-state index in [0.717, 1.165) is 25.9 Å². The predicted molar refractivity (Wildman–Crippen MR) is 45.6 cm³/mol. The van der Waals surface area contributed by atoms with Gasteiger partial charge in [0.2, 0.25) is 0 Å². The molecule has 11 heavy (non-hydrogen) atoms. The molecule has 0 atom stereocenters. The molecule has 0 saturated carbocycles. The molecular weight excluding hydrogens is 136 g/mol. The monoisotopic (exact) mass is 150 g/mol. The first kappa shape index (κ1) is 6.92. The number of aromatic nitrogens is 1. The molecule has 1 aromatic heterocycles. The van der Waals surface area contributed by atoms with Crippen molar-refractivity contribution in [3.63, 3.8) is 0 Å². The molecule has 0 spiro atoms. The van der Waals surface area contributed by atoms with Crippen LogP contribution >= 0.6 is 0 Å². The molecule has 2 rings (SSSR count). The third-order valence-corrected chi connectivity index (χ3v) is 2.30. The summed E-state index contributed by atoms with van der Waals surface area (Å²) < 4.78 is 0. The molecule has 0 amide bonds. The largest absolute Gasteiger partial charge is 0.362 e. The summed E-state index contributed by atoms with van der Waals surface area (Å²) in [6, 6.07) is 2.28. The highest BCUT2D eigenvalue weighted by molar-refractivity contribution is 5.27. The molecule has 0 saturated heterocycles. The first-order valence-electron chi connectivity index (χ1n) is 4.30. The first-order valence-corrected chi connectivity index (χ1v) is 4.30. The lowest BCUT2D eigenvalue weighted by molar-refractivity contribution is 0.637. The molecule has 2 nitrogen and oxygen atoms in total.